The van der Waals surface area contributed by atoms with Crippen LogP contribution in [0.3, 0.4) is 0 Å². The third-order valence-electron chi connectivity index (χ3n) is 3.41. The van der Waals surface area contributed by atoms with Crippen LogP contribution in [-0.4, -0.2) is 36.9 Å². The van der Waals surface area contributed by atoms with Crippen LogP contribution in [-0.2, 0) is 14.6 Å². The number of aromatic carboxylic acids is 1. The van der Waals surface area contributed by atoms with Crippen LogP contribution in [0.4, 0.5) is 4.79 Å². The van der Waals surface area contributed by atoms with Crippen molar-refractivity contribution in [2.24, 2.45) is 0 Å². The zero-order valence-electron chi connectivity index (χ0n) is 13.4. The van der Waals surface area contributed by atoms with Gasteiger partial charge in [-0.25, -0.2) is 18.0 Å². The standard InChI is InChI=1S/C15H18ClNO6S/c1-15(2,3)23-14(20)17-11-4-5-24(21,22)12-7-8(13(18)19)10(16)6-9(11)12/h6-7,11H,4-5H2,1-3H3,(H,17,20)(H,18,19). The largest absolute Gasteiger partial charge is 0.478 e. The average molecular weight is 376 g/mol. The molecule has 0 radical (unpaired) electrons. The van der Waals surface area contributed by atoms with Gasteiger partial charge >= 0.3 is 12.1 Å². The second-order valence-electron chi connectivity index (χ2n) is 6.48. The van der Waals surface area contributed by atoms with E-state index in [9.17, 15) is 18.0 Å². The van der Waals surface area contributed by atoms with Gasteiger partial charge in [-0.3, -0.25) is 0 Å². The molecule has 0 saturated carbocycles. The molecule has 9 heteroatoms. The predicted molar refractivity (Wildman–Crippen MR) is 87.2 cm³/mol. The van der Waals surface area contributed by atoms with Crippen LogP contribution in [0.5, 0.6) is 0 Å². The number of benzene rings is 1. The summed E-state index contributed by atoms with van der Waals surface area (Å²) >= 11 is 5.94. The molecule has 1 aromatic rings. The highest BCUT2D eigenvalue weighted by Crippen LogP contribution is 2.36. The van der Waals surface area contributed by atoms with Gasteiger partial charge in [-0.15, -0.1) is 0 Å². The van der Waals surface area contributed by atoms with E-state index in [1.165, 1.54) is 6.07 Å². The van der Waals surface area contributed by atoms with E-state index in [1.807, 2.05) is 0 Å². The molecule has 7 nitrogen and oxygen atoms in total. The summed E-state index contributed by atoms with van der Waals surface area (Å²) in [7, 11) is -3.63. The second-order valence-corrected chi connectivity index (χ2v) is 8.97. The number of carboxylic acids is 1. The molecule has 132 valence electrons. The van der Waals surface area contributed by atoms with Crippen molar-refractivity contribution in [1.29, 1.82) is 0 Å². The number of rotatable bonds is 2. The Kier molecular flexibility index (Phi) is 4.83. The van der Waals surface area contributed by atoms with Gasteiger partial charge in [-0.1, -0.05) is 11.6 Å². The summed E-state index contributed by atoms with van der Waals surface area (Å²) in [5.74, 6) is -1.53. The highest BCUT2D eigenvalue weighted by Gasteiger charge is 2.34. The molecular formula is C15H18ClNO6S. The van der Waals surface area contributed by atoms with Crippen LogP contribution in [0.2, 0.25) is 5.02 Å². The van der Waals surface area contributed by atoms with Crippen LogP contribution < -0.4 is 5.32 Å². The molecule has 1 amide bonds. The van der Waals surface area contributed by atoms with E-state index in [2.05, 4.69) is 5.32 Å². The number of ether oxygens (including phenoxy) is 1. The van der Waals surface area contributed by atoms with Gasteiger partial charge in [0, 0.05) is 0 Å². The Morgan fingerprint density at radius 2 is 1.96 bits per heavy atom. The predicted octanol–water partition coefficient (Wildman–Crippen LogP) is 2.78. The fourth-order valence-corrected chi connectivity index (χ4v) is 4.29. The molecule has 0 fully saturated rings. The molecule has 1 aromatic carbocycles. The number of fused-ring (bicyclic) bond motifs is 1. The zero-order valence-corrected chi connectivity index (χ0v) is 15.0. The summed E-state index contributed by atoms with van der Waals surface area (Å²) in [5, 5.41) is 11.6. The third-order valence-corrected chi connectivity index (χ3v) is 5.52. The normalized spacial score (nSPS) is 19.2. The number of halogens is 1. The summed E-state index contributed by atoms with van der Waals surface area (Å²) < 4.78 is 29.7. The molecule has 1 aliphatic rings. The van der Waals surface area contributed by atoms with Crippen molar-refractivity contribution in [3.63, 3.8) is 0 Å². The van der Waals surface area contributed by atoms with Crippen molar-refractivity contribution < 1.29 is 27.9 Å². The molecule has 1 unspecified atom stereocenters. The maximum atomic E-state index is 12.2. The van der Waals surface area contributed by atoms with Gasteiger partial charge in [0.1, 0.15) is 5.60 Å². The Labute approximate surface area is 144 Å². The number of carbonyl (C=O) groups excluding carboxylic acids is 1. The molecular weight excluding hydrogens is 358 g/mol. The smallest absolute Gasteiger partial charge is 0.408 e. The van der Waals surface area contributed by atoms with Crippen molar-refractivity contribution >= 4 is 33.5 Å². The summed E-state index contributed by atoms with van der Waals surface area (Å²) in [4.78, 5) is 23.0. The van der Waals surface area contributed by atoms with Crippen LogP contribution in [0.25, 0.3) is 0 Å². The van der Waals surface area contributed by atoms with Gasteiger partial charge in [0.15, 0.2) is 9.84 Å². The lowest BCUT2D eigenvalue weighted by Gasteiger charge is -2.28. The first-order valence-corrected chi connectivity index (χ1v) is 9.23. The minimum absolute atomic E-state index is 0.0886. The highest BCUT2D eigenvalue weighted by molar-refractivity contribution is 7.91. The molecule has 1 aliphatic heterocycles. The number of hydrogen-bond acceptors (Lipinski definition) is 5. The van der Waals surface area contributed by atoms with Crippen LogP contribution >= 0.6 is 11.6 Å². The SMILES string of the molecule is CC(C)(C)OC(=O)NC1CCS(=O)(=O)c2cc(C(=O)O)c(Cl)cc21. The summed E-state index contributed by atoms with van der Waals surface area (Å²) in [6.07, 6.45) is -0.534. The number of amides is 1. The maximum absolute atomic E-state index is 12.2. The molecule has 24 heavy (non-hydrogen) atoms. The lowest BCUT2D eigenvalue weighted by atomic mass is 10.0. The lowest BCUT2D eigenvalue weighted by Crippen LogP contribution is -2.37. The van der Waals surface area contributed by atoms with Crippen molar-refractivity contribution in [3.05, 3.63) is 28.3 Å². The van der Waals surface area contributed by atoms with Gasteiger partial charge in [-0.2, -0.15) is 0 Å². The quantitative estimate of drug-likeness (QED) is 0.822. The lowest BCUT2D eigenvalue weighted by molar-refractivity contribution is 0.0500. The topological polar surface area (TPSA) is 110 Å². The van der Waals surface area contributed by atoms with Crippen molar-refractivity contribution in [1.82, 2.24) is 5.32 Å². The van der Waals surface area contributed by atoms with Gasteiger partial charge in [-0.05, 0) is 44.9 Å². The zero-order chi connectivity index (χ0) is 18.3. The monoisotopic (exact) mass is 375 g/mol. The number of carbonyl (C=O) groups is 2. The fraction of sp³-hybridized carbons (Fsp3) is 0.467. The minimum Gasteiger partial charge on any atom is -0.478 e. The molecule has 1 atom stereocenters. The Morgan fingerprint density at radius 1 is 1.33 bits per heavy atom. The number of carboxylic acid groups (broad SMARTS) is 1. The summed E-state index contributed by atoms with van der Waals surface area (Å²) in [5.41, 5.74) is -0.725. The van der Waals surface area contributed by atoms with E-state index in [0.717, 1.165) is 6.07 Å². The number of hydrogen-bond donors (Lipinski definition) is 2. The average Bonchev–Trinajstić information content (AvgIpc) is 2.39. The first-order chi connectivity index (χ1) is 10.9. The van der Waals surface area contributed by atoms with E-state index in [-0.39, 0.29) is 33.2 Å². The van der Waals surface area contributed by atoms with E-state index >= 15 is 0 Å². The van der Waals surface area contributed by atoms with E-state index < -0.39 is 33.5 Å². The number of nitrogens with one attached hydrogen (secondary N) is 1. The Morgan fingerprint density at radius 3 is 2.50 bits per heavy atom. The molecule has 2 rings (SSSR count). The number of alkyl carbamates (subject to hydrolysis) is 1. The van der Waals surface area contributed by atoms with Crippen molar-refractivity contribution in [2.75, 3.05) is 5.75 Å². The van der Waals surface area contributed by atoms with Crippen molar-refractivity contribution in [2.45, 2.75) is 43.7 Å². The molecule has 2 N–H and O–H groups in total. The van der Waals surface area contributed by atoms with Crippen LogP contribution in [0, 0.1) is 0 Å². The Bertz CT molecular complexity index is 797. The maximum Gasteiger partial charge on any atom is 0.408 e. The van der Waals surface area contributed by atoms with E-state index in [1.54, 1.807) is 20.8 Å². The van der Waals surface area contributed by atoms with Crippen LogP contribution in [0.1, 0.15) is 49.2 Å². The highest BCUT2D eigenvalue weighted by atomic mass is 35.5. The molecule has 0 bridgehead atoms. The van der Waals surface area contributed by atoms with Crippen molar-refractivity contribution in [3.8, 4) is 0 Å². The molecule has 0 aromatic heterocycles. The van der Waals surface area contributed by atoms with Gasteiger partial charge in [0.2, 0.25) is 0 Å². The first kappa shape index (κ1) is 18.5. The first-order valence-electron chi connectivity index (χ1n) is 7.20. The molecule has 1 heterocycles. The third kappa shape index (κ3) is 3.99. The van der Waals surface area contributed by atoms with Gasteiger partial charge < -0.3 is 15.2 Å². The van der Waals surface area contributed by atoms with Gasteiger partial charge in [0.25, 0.3) is 0 Å². The van der Waals surface area contributed by atoms with E-state index in [0.29, 0.717) is 0 Å². The Balaban J connectivity index is 2.42. The fourth-order valence-electron chi connectivity index (χ4n) is 2.41. The Hall–Kier alpha value is -1.80. The molecule has 0 saturated heterocycles. The molecule has 0 spiro atoms. The van der Waals surface area contributed by atoms with Gasteiger partial charge in [0.05, 0.1) is 27.3 Å². The number of sulfone groups is 1. The molecule has 0 aliphatic carbocycles. The van der Waals surface area contributed by atoms with E-state index in [4.69, 9.17) is 21.4 Å². The van der Waals surface area contributed by atoms with Crippen LogP contribution in [0.15, 0.2) is 17.0 Å². The summed E-state index contributed by atoms with van der Waals surface area (Å²) in [6.45, 7) is 5.13. The minimum atomic E-state index is -3.63. The summed E-state index contributed by atoms with van der Waals surface area (Å²) in [6, 6.07) is 1.69. The second kappa shape index (κ2) is 6.25.